The summed E-state index contributed by atoms with van der Waals surface area (Å²) in [5.74, 6) is -3.50. The number of nitrogens with one attached hydrogen (secondary N) is 1. The van der Waals surface area contributed by atoms with Gasteiger partial charge < -0.3 is 10.2 Å². The molecular weight excluding hydrogens is 547 g/mol. The Kier molecular flexibility index (Phi) is 9.77. The molecule has 0 heterocycles. The second-order valence-corrected chi connectivity index (χ2v) is 11.9. The monoisotopic (exact) mass is 575 g/mol. The van der Waals surface area contributed by atoms with Gasteiger partial charge in [-0.2, -0.15) is 0 Å². The summed E-state index contributed by atoms with van der Waals surface area (Å²) in [5.41, 5.74) is 0.349. The number of rotatable bonds is 9. The van der Waals surface area contributed by atoms with Crippen molar-refractivity contribution in [2.75, 3.05) is 17.1 Å². The first-order chi connectivity index (χ1) is 17.4. The number of hydrogen-bond acceptors (Lipinski definition) is 4. The fourth-order valence-corrected chi connectivity index (χ4v) is 5.40. The Morgan fingerprint density at radius 2 is 1.70 bits per heavy atom. The molecule has 2 amide bonds. The minimum Gasteiger partial charge on any atom is -0.352 e. The van der Waals surface area contributed by atoms with E-state index >= 15 is 0 Å². The van der Waals surface area contributed by atoms with Gasteiger partial charge in [0.1, 0.15) is 12.6 Å². The van der Waals surface area contributed by atoms with E-state index < -0.39 is 40.2 Å². The molecule has 0 radical (unpaired) electrons. The number of benzene rings is 2. The lowest BCUT2D eigenvalue weighted by Gasteiger charge is -2.33. The van der Waals surface area contributed by atoms with Crippen LogP contribution in [0, 0.1) is 11.6 Å². The van der Waals surface area contributed by atoms with E-state index in [4.69, 9.17) is 23.2 Å². The molecule has 2 aromatic rings. The van der Waals surface area contributed by atoms with Gasteiger partial charge >= 0.3 is 0 Å². The minimum absolute atomic E-state index is 0.000312. The van der Waals surface area contributed by atoms with E-state index in [1.807, 2.05) is 0 Å². The van der Waals surface area contributed by atoms with E-state index in [0.29, 0.717) is 21.0 Å². The summed E-state index contributed by atoms with van der Waals surface area (Å²) in [6, 6.07) is 6.33. The molecule has 0 aromatic heterocycles. The van der Waals surface area contributed by atoms with Gasteiger partial charge in [-0.15, -0.1) is 0 Å². The maximum absolute atomic E-state index is 13.9. The standard InChI is InChI=1S/C25H29Cl2F2N3O4S/c1-16(25(34)30-18-6-4-3-5-7-18)31(14-17-8-10-20(26)21(27)12-17)24(33)15-32(37(2,35)36)19-9-11-22(28)23(29)13-19/h8-13,16,18H,3-7,14-15H2,1-2H3,(H,30,34). The molecule has 3 rings (SSSR count). The molecule has 1 fully saturated rings. The Hall–Kier alpha value is -2.43. The topological polar surface area (TPSA) is 86.8 Å². The zero-order chi connectivity index (χ0) is 27.3. The normalized spacial score (nSPS) is 15.2. The first kappa shape index (κ1) is 29.1. The van der Waals surface area contributed by atoms with E-state index in [1.54, 1.807) is 25.1 Å². The fourth-order valence-electron chi connectivity index (χ4n) is 4.24. The molecule has 2 aromatic carbocycles. The van der Waals surface area contributed by atoms with E-state index in [9.17, 15) is 26.8 Å². The van der Waals surface area contributed by atoms with E-state index in [0.717, 1.165) is 50.5 Å². The Bertz CT molecular complexity index is 1260. The molecule has 1 saturated carbocycles. The molecule has 0 aliphatic heterocycles. The zero-order valence-corrected chi connectivity index (χ0v) is 22.8. The minimum atomic E-state index is -4.07. The van der Waals surface area contributed by atoms with Crippen LogP contribution < -0.4 is 9.62 Å². The Morgan fingerprint density at radius 3 is 2.30 bits per heavy atom. The Labute approximate surface area is 225 Å². The highest BCUT2D eigenvalue weighted by atomic mass is 35.5. The smallest absolute Gasteiger partial charge is 0.244 e. The van der Waals surface area contributed by atoms with Crippen LogP contribution >= 0.6 is 23.2 Å². The average molecular weight is 576 g/mol. The van der Waals surface area contributed by atoms with Crippen molar-refractivity contribution < 1.29 is 26.8 Å². The summed E-state index contributed by atoms with van der Waals surface area (Å²) >= 11 is 12.1. The van der Waals surface area contributed by atoms with Crippen LogP contribution in [0.1, 0.15) is 44.6 Å². The third kappa shape index (κ3) is 7.78. The number of halogens is 4. The molecule has 1 unspecified atom stereocenters. The summed E-state index contributed by atoms with van der Waals surface area (Å²) in [5, 5.41) is 3.55. The highest BCUT2D eigenvalue weighted by molar-refractivity contribution is 7.92. The van der Waals surface area contributed by atoms with Gasteiger partial charge in [0, 0.05) is 18.7 Å². The molecule has 0 saturated heterocycles. The largest absolute Gasteiger partial charge is 0.352 e. The van der Waals surface area contributed by atoms with Crippen LogP contribution in [0.25, 0.3) is 0 Å². The summed E-state index contributed by atoms with van der Waals surface area (Å²) < 4.78 is 53.0. The molecule has 202 valence electrons. The highest BCUT2D eigenvalue weighted by Crippen LogP contribution is 2.25. The van der Waals surface area contributed by atoms with Crippen molar-refractivity contribution in [2.24, 2.45) is 0 Å². The third-order valence-electron chi connectivity index (χ3n) is 6.33. The van der Waals surface area contributed by atoms with Gasteiger partial charge in [-0.25, -0.2) is 17.2 Å². The second kappa shape index (κ2) is 12.4. The van der Waals surface area contributed by atoms with Crippen LogP contribution in [0.5, 0.6) is 0 Å². The van der Waals surface area contributed by atoms with Gasteiger partial charge in [-0.1, -0.05) is 48.5 Å². The lowest BCUT2D eigenvalue weighted by molar-refractivity contribution is -0.139. The number of carbonyl (C=O) groups is 2. The van der Waals surface area contributed by atoms with Crippen molar-refractivity contribution in [2.45, 2.75) is 57.7 Å². The number of sulfonamides is 1. The third-order valence-corrected chi connectivity index (χ3v) is 8.21. The van der Waals surface area contributed by atoms with Crippen LogP contribution in [-0.2, 0) is 26.2 Å². The first-order valence-corrected chi connectivity index (χ1v) is 14.4. The number of nitrogens with zero attached hydrogens (tertiary/aromatic N) is 2. The van der Waals surface area contributed by atoms with Crippen LogP contribution in [0.15, 0.2) is 36.4 Å². The van der Waals surface area contributed by atoms with Crippen molar-refractivity contribution >= 4 is 50.7 Å². The van der Waals surface area contributed by atoms with Crippen LogP contribution in [-0.4, -0.2) is 50.0 Å². The molecule has 1 atom stereocenters. The van der Waals surface area contributed by atoms with Crippen LogP contribution in [0.2, 0.25) is 10.0 Å². The van der Waals surface area contributed by atoms with Gasteiger partial charge in [0.2, 0.25) is 21.8 Å². The maximum atomic E-state index is 13.9. The number of hydrogen-bond donors (Lipinski definition) is 1. The van der Waals surface area contributed by atoms with Gasteiger partial charge in [-0.05, 0) is 49.6 Å². The van der Waals surface area contributed by atoms with Crippen molar-refractivity contribution in [3.05, 3.63) is 63.6 Å². The quantitative estimate of drug-likeness (QED) is 0.460. The van der Waals surface area contributed by atoms with E-state index in [2.05, 4.69) is 5.32 Å². The summed E-state index contributed by atoms with van der Waals surface area (Å²) in [6.45, 7) is 0.757. The lowest BCUT2D eigenvalue weighted by Crippen LogP contribution is -2.53. The summed E-state index contributed by atoms with van der Waals surface area (Å²) in [4.78, 5) is 27.9. The molecule has 1 N–H and O–H groups in total. The second-order valence-electron chi connectivity index (χ2n) is 9.16. The first-order valence-electron chi connectivity index (χ1n) is 11.8. The predicted octanol–water partition coefficient (Wildman–Crippen LogP) is 4.90. The van der Waals surface area contributed by atoms with Crippen molar-refractivity contribution in [1.82, 2.24) is 10.2 Å². The Balaban J connectivity index is 1.90. The van der Waals surface area contributed by atoms with Gasteiger partial charge in [-0.3, -0.25) is 13.9 Å². The number of carbonyl (C=O) groups excluding carboxylic acids is 2. The SMILES string of the molecule is CC(C(=O)NC1CCCCC1)N(Cc1ccc(Cl)c(Cl)c1)C(=O)CN(c1ccc(F)c(F)c1)S(C)(=O)=O. The summed E-state index contributed by atoms with van der Waals surface area (Å²) in [7, 11) is -4.07. The van der Waals surface area contributed by atoms with Crippen molar-refractivity contribution in [3.8, 4) is 0 Å². The average Bonchev–Trinajstić information content (AvgIpc) is 2.84. The maximum Gasteiger partial charge on any atom is 0.244 e. The molecule has 7 nitrogen and oxygen atoms in total. The predicted molar refractivity (Wildman–Crippen MR) is 140 cm³/mol. The zero-order valence-electron chi connectivity index (χ0n) is 20.5. The molecule has 12 heteroatoms. The van der Waals surface area contributed by atoms with Gasteiger partial charge in [0.05, 0.1) is 22.0 Å². The lowest BCUT2D eigenvalue weighted by atomic mass is 9.95. The van der Waals surface area contributed by atoms with Crippen molar-refractivity contribution in [1.29, 1.82) is 0 Å². The van der Waals surface area contributed by atoms with Crippen molar-refractivity contribution in [3.63, 3.8) is 0 Å². The molecule has 1 aliphatic carbocycles. The molecular formula is C25H29Cl2F2N3O4S. The summed E-state index contributed by atoms with van der Waals surface area (Å²) in [6.07, 6.45) is 5.65. The van der Waals surface area contributed by atoms with Gasteiger partial charge in [0.15, 0.2) is 11.6 Å². The van der Waals surface area contributed by atoms with E-state index in [-0.39, 0.29) is 29.2 Å². The molecule has 0 bridgehead atoms. The van der Waals surface area contributed by atoms with Crippen LogP contribution in [0.4, 0.5) is 14.5 Å². The van der Waals surface area contributed by atoms with Crippen LogP contribution in [0.3, 0.4) is 0 Å². The van der Waals surface area contributed by atoms with E-state index in [1.165, 1.54) is 4.90 Å². The number of amides is 2. The Morgan fingerprint density at radius 1 is 1.03 bits per heavy atom. The number of anilines is 1. The molecule has 0 spiro atoms. The fraction of sp³-hybridized carbons (Fsp3) is 0.440. The van der Waals surface area contributed by atoms with Gasteiger partial charge in [0.25, 0.3) is 0 Å². The molecule has 1 aliphatic rings. The highest BCUT2D eigenvalue weighted by Gasteiger charge is 2.31. The molecule has 37 heavy (non-hydrogen) atoms.